The summed E-state index contributed by atoms with van der Waals surface area (Å²) in [5, 5.41) is 25.5. The van der Waals surface area contributed by atoms with Gasteiger partial charge in [-0.3, -0.25) is 29.5 Å². The highest BCUT2D eigenvalue weighted by Crippen LogP contribution is 2.51. The van der Waals surface area contributed by atoms with Crippen molar-refractivity contribution in [2.45, 2.75) is 94.9 Å². The number of allylic oxidation sites excluding steroid dienone is 1. The first kappa shape index (κ1) is 49.8. The smallest absolute Gasteiger partial charge is 0.227 e. The number of aldehydes is 1. The van der Waals surface area contributed by atoms with Gasteiger partial charge in [0.25, 0.3) is 0 Å². The number of carbonyl (C=O) groups is 3. The summed E-state index contributed by atoms with van der Waals surface area (Å²) < 4.78 is 31.9. The van der Waals surface area contributed by atoms with Gasteiger partial charge in [-0.15, -0.1) is 0 Å². The summed E-state index contributed by atoms with van der Waals surface area (Å²) in [6.07, 6.45) is 11.0. The summed E-state index contributed by atoms with van der Waals surface area (Å²) in [5.74, 6) is 0.614. The van der Waals surface area contributed by atoms with Crippen LogP contribution in [-0.4, -0.2) is 130 Å². The molecule has 4 N–H and O–H groups in total. The number of hydrogen-bond acceptors (Lipinski definition) is 11. The number of amides is 2. The van der Waals surface area contributed by atoms with Crippen molar-refractivity contribution in [1.29, 1.82) is 0 Å². The number of aromatic nitrogens is 2. The molecule has 65 heavy (non-hydrogen) atoms. The number of fused-ring (bicyclic) bond motifs is 1. The van der Waals surface area contributed by atoms with Crippen molar-refractivity contribution in [2.24, 2.45) is 22.4 Å². The number of likely N-dealkylation sites (tertiary alicyclic amines) is 1. The standard InChI is InChI=1S/C45H58ClFN10O5S.C2H6/c1-48-44(54(2)40-24-33(47)5-8-38(40)46)37(45(27-58)15-16-45)25-50-28-51-34-13-20-57(21-14-34)63(62)35-6-9-41(60)32(22-35)26-56-18-11-30(12-19-56)31-4-7-36-39(23-31)55(3)53-43(36)52-42(61)10-17-49-29-59;1-2/h4-5,7-8,22-25,27,29-30,34-35,41,51,60H,1,6,9-21,26,28H2,2-3H3,(H,49,59)(H,52,53,61);1-2H3/b44-37-,50-25-;/t35?,41-,63?;/m0./s1. The summed E-state index contributed by atoms with van der Waals surface area (Å²) in [7, 11) is 2.36. The van der Waals surface area contributed by atoms with Gasteiger partial charge in [0.1, 0.15) is 28.9 Å². The number of nitrogens with zero attached hydrogens (tertiary/aromatic N) is 7. The van der Waals surface area contributed by atoms with E-state index in [1.807, 2.05) is 27.0 Å². The minimum atomic E-state index is -1.22. The zero-order valence-electron chi connectivity index (χ0n) is 38.0. The zero-order valence-corrected chi connectivity index (χ0v) is 39.6. The Bertz CT molecular complexity index is 2280. The lowest BCUT2D eigenvalue weighted by atomic mass is 9.88. The number of piperidine rings is 2. The van der Waals surface area contributed by atoms with Gasteiger partial charge in [0.2, 0.25) is 12.3 Å². The van der Waals surface area contributed by atoms with Crippen LogP contribution in [0.15, 0.2) is 69.4 Å². The van der Waals surface area contributed by atoms with E-state index in [0.29, 0.717) is 92.2 Å². The number of carbonyl (C=O) groups excluding carboxylic acids is 3. The summed E-state index contributed by atoms with van der Waals surface area (Å²) in [6, 6.07) is 10.6. The highest BCUT2D eigenvalue weighted by molar-refractivity contribution is 7.83. The minimum absolute atomic E-state index is 0.144. The lowest BCUT2D eigenvalue weighted by Gasteiger charge is -2.36. The third-order valence-electron chi connectivity index (χ3n) is 12.9. The second-order valence-electron chi connectivity index (χ2n) is 17.0. The Balaban J connectivity index is 0.00000345. The molecule has 352 valence electrons. The molecule has 1 saturated carbocycles. The van der Waals surface area contributed by atoms with Gasteiger partial charge in [-0.05, 0) is 119 Å². The van der Waals surface area contributed by atoms with E-state index in [4.69, 9.17) is 11.6 Å². The first-order valence-electron chi connectivity index (χ1n) is 22.7. The number of rotatable bonds is 19. The molecule has 2 aliphatic heterocycles. The average Bonchev–Trinajstić information content (AvgIpc) is 4.06. The van der Waals surface area contributed by atoms with Gasteiger partial charge >= 0.3 is 0 Å². The van der Waals surface area contributed by atoms with Gasteiger partial charge in [0.05, 0.1) is 39.7 Å². The van der Waals surface area contributed by atoms with E-state index in [0.717, 1.165) is 61.5 Å². The molecule has 0 radical (unpaired) electrons. The molecule has 2 aromatic carbocycles. The molecule has 3 atom stereocenters. The zero-order chi connectivity index (χ0) is 46.7. The monoisotopic (exact) mass is 934 g/mol. The lowest BCUT2D eigenvalue weighted by molar-refractivity contribution is -0.116. The van der Waals surface area contributed by atoms with Gasteiger partial charge in [-0.2, -0.15) is 5.10 Å². The van der Waals surface area contributed by atoms with Crippen LogP contribution in [0.2, 0.25) is 5.02 Å². The third kappa shape index (κ3) is 12.2. The van der Waals surface area contributed by atoms with E-state index in [9.17, 15) is 28.1 Å². The summed E-state index contributed by atoms with van der Waals surface area (Å²) in [5.41, 5.74) is 3.42. The van der Waals surface area contributed by atoms with Crippen LogP contribution in [-0.2, 0) is 32.4 Å². The van der Waals surface area contributed by atoms with E-state index in [1.54, 1.807) is 22.8 Å². The second kappa shape index (κ2) is 23.2. The second-order valence-corrected chi connectivity index (χ2v) is 19.1. The number of aryl methyl sites for hydroxylation is 1. The van der Waals surface area contributed by atoms with E-state index >= 15 is 0 Å². The van der Waals surface area contributed by atoms with Crippen molar-refractivity contribution >= 4 is 76.5 Å². The molecule has 18 heteroatoms. The van der Waals surface area contributed by atoms with Crippen molar-refractivity contribution in [3.8, 4) is 0 Å². The van der Waals surface area contributed by atoms with E-state index in [2.05, 4.69) is 65.2 Å². The number of hydrogen-bond donors (Lipinski definition) is 4. The molecule has 2 saturated heterocycles. The molecule has 0 spiro atoms. The Morgan fingerprint density at radius 3 is 2.49 bits per heavy atom. The fourth-order valence-corrected chi connectivity index (χ4v) is 10.8. The quantitative estimate of drug-likeness (QED) is 0.0496. The molecule has 2 aliphatic carbocycles. The van der Waals surface area contributed by atoms with Crippen LogP contribution in [0.4, 0.5) is 15.9 Å². The van der Waals surface area contributed by atoms with Crippen molar-refractivity contribution < 1.29 is 28.1 Å². The molecule has 7 rings (SSSR count). The third-order valence-corrected chi connectivity index (χ3v) is 15.0. The molecular weight excluding hydrogens is 871 g/mol. The molecular formula is C47H64ClFN10O5S. The maximum Gasteiger partial charge on any atom is 0.227 e. The number of anilines is 2. The van der Waals surface area contributed by atoms with Gasteiger partial charge in [-0.25, -0.2) is 17.9 Å². The van der Waals surface area contributed by atoms with Crippen molar-refractivity contribution in [1.82, 2.24) is 29.6 Å². The highest BCUT2D eigenvalue weighted by atomic mass is 35.5. The van der Waals surface area contributed by atoms with Crippen molar-refractivity contribution in [3.05, 3.63) is 75.8 Å². The van der Waals surface area contributed by atoms with Crippen LogP contribution in [0.1, 0.15) is 83.1 Å². The summed E-state index contributed by atoms with van der Waals surface area (Å²) in [6.45, 7) is 12.1. The number of nitrogens with one attached hydrogen (secondary N) is 3. The fourth-order valence-electron chi connectivity index (χ4n) is 8.97. The van der Waals surface area contributed by atoms with Gasteiger partial charge in [0, 0.05) is 69.9 Å². The van der Waals surface area contributed by atoms with Crippen LogP contribution < -0.4 is 20.9 Å². The molecule has 1 aromatic heterocycles. The maximum absolute atomic E-state index is 14.1. The Hall–Kier alpha value is -4.65. The first-order chi connectivity index (χ1) is 31.4. The Kier molecular flexibility index (Phi) is 17.8. The highest BCUT2D eigenvalue weighted by Gasteiger charge is 2.47. The van der Waals surface area contributed by atoms with E-state index in [1.165, 1.54) is 23.8 Å². The summed E-state index contributed by atoms with van der Waals surface area (Å²) >= 11 is 6.39. The molecule has 3 heterocycles. The van der Waals surface area contributed by atoms with Crippen LogP contribution in [0.5, 0.6) is 0 Å². The average molecular weight is 936 g/mol. The Morgan fingerprint density at radius 1 is 1.08 bits per heavy atom. The topological polar surface area (TPSA) is 177 Å². The van der Waals surface area contributed by atoms with Gasteiger partial charge in [0.15, 0.2) is 5.82 Å². The summed E-state index contributed by atoms with van der Waals surface area (Å²) in [4.78, 5) is 48.0. The van der Waals surface area contributed by atoms with E-state index < -0.39 is 28.3 Å². The van der Waals surface area contributed by atoms with E-state index in [-0.39, 0.29) is 30.2 Å². The predicted octanol–water partition coefficient (Wildman–Crippen LogP) is 5.87. The lowest BCUT2D eigenvalue weighted by Crippen LogP contribution is -2.46. The number of aliphatic imine (C=N–C) groups is 2. The SMILES string of the molecule is C=N/C(=C(\C=N/CNC1CCN(S(=O)C2C=C(CN3CCC(c4ccc5c(NC(=O)CCNC=O)nn(C)c5c4)CC3)[C@@H](O)CC2)CC1)C1(C=O)CC1)N(C)c1cc(F)ccc1Cl.CC. The Morgan fingerprint density at radius 2 is 1.82 bits per heavy atom. The number of benzene rings is 2. The number of halogens is 2. The van der Waals surface area contributed by atoms with Crippen molar-refractivity contribution in [3.63, 3.8) is 0 Å². The molecule has 2 unspecified atom stereocenters. The molecule has 3 fully saturated rings. The first-order valence-corrected chi connectivity index (χ1v) is 24.3. The number of aliphatic hydroxyl groups is 1. The van der Waals surface area contributed by atoms with Gasteiger partial charge in [-0.1, -0.05) is 37.6 Å². The van der Waals surface area contributed by atoms with Crippen molar-refractivity contribution in [2.75, 3.05) is 63.2 Å². The van der Waals surface area contributed by atoms with Crippen LogP contribution in [0, 0.1) is 11.2 Å². The number of aliphatic hydroxyl groups excluding tert-OH is 1. The largest absolute Gasteiger partial charge is 0.389 e. The van der Waals surface area contributed by atoms with Crippen LogP contribution in [0.25, 0.3) is 10.9 Å². The predicted molar refractivity (Wildman–Crippen MR) is 258 cm³/mol. The molecule has 0 bridgehead atoms. The normalized spacial score (nSPS) is 21.4. The van der Waals surface area contributed by atoms with Gasteiger partial charge < -0.3 is 25.4 Å². The molecule has 4 aliphatic rings. The molecule has 2 amide bonds. The van der Waals surface area contributed by atoms with Crippen LogP contribution >= 0.6 is 11.6 Å². The molecule has 15 nitrogen and oxygen atoms in total. The minimum Gasteiger partial charge on any atom is -0.389 e. The maximum atomic E-state index is 14.1. The Labute approximate surface area is 389 Å². The fraction of sp³-hybridized carbons (Fsp3) is 0.532. The van der Waals surface area contributed by atoms with Crippen LogP contribution in [0.3, 0.4) is 0 Å². The molecule has 3 aromatic rings.